The standard InChI is InChI=1S/C7H5N.BH3/c8-6-7-4-2-1-3-5-7;/h1-5H;1H3. The van der Waals surface area contributed by atoms with Crippen LogP contribution in [-0.2, 0) is 0 Å². The molecule has 0 aliphatic carbocycles. The van der Waals surface area contributed by atoms with Gasteiger partial charge in [0, 0.05) is 0 Å². The van der Waals surface area contributed by atoms with Crippen molar-refractivity contribution < 1.29 is 0 Å². The third kappa shape index (κ3) is 2.01. The van der Waals surface area contributed by atoms with Crippen LogP contribution in [0.4, 0.5) is 0 Å². The van der Waals surface area contributed by atoms with Crippen molar-refractivity contribution in [1.82, 2.24) is 0 Å². The molecule has 0 fully saturated rings. The molecule has 0 aliphatic rings. The summed E-state index contributed by atoms with van der Waals surface area (Å²) in [5.41, 5.74) is 0.715. The number of rotatable bonds is 0. The summed E-state index contributed by atoms with van der Waals surface area (Å²) in [7, 11) is 0. The van der Waals surface area contributed by atoms with Crippen molar-refractivity contribution in [3.05, 3.63) is 35.9 Å². The highest BCUT2D eigenvalue weighted by atomic mass is 14.2. The van der Waals surface area contributed by atoms with E-state index in [4.69, 9.17) is 5.26 Å². The van der Waals surface area contributed by atoms with Crippen LogP contribution in [0, 0.1) is 11.3 Å². The number of hydrogen-bond donors (Lipinski definition) is 0. The van der Waals surface area contributed by atoms with E-state index in [2.05, 4.69) is 0 Å². The second kappa shape index (κ2) is 3.74. The van der Waals surface area contributed by atoms with E-state index in [0.29, 0.717) is 5.56 Å². The fourth-order valence-corrected chi connectivity index (χ4v) is 0.513. The minimum Gasteiger partial charge on any atom is -0.192 e. The lowest BCUT2D eigenvalue weighted by molar-refractivity contribution is 1.49. The Morgan fingerprint density at radius 3 is 2.00 bits per heavy atom. The molecular weight excluding hydrogens is 109 g/mol. The summed E-state index contributed by atoms with van der Waals surface area (Å²) in [6.45, 7) is 0. The van der Waals surface area contributed by atoms with Gasteiger partial charge >= 0.3 is 0 Å². The lowest BCUT2D eigenvalue weighted by Gasteiger charge is -1.80. The molecule has 9 heavy (non-hydrogen) atoms. The molecule has 0 N–H and O–H groups in total. The van der Waals surface area contributed by atoms with Gasteiger partial charge in [-0.25, -0.2) is 0 Å². The van der Waals surface area contributed by atoms with Crippen molar-refractivity contribution in [2.75, 3.05) is 0 Å². The summed E-state index contributed by atoms with van der Waals surface area (Å²) in [6, 6.07) is 11.2. The third-order valence-corrected chi connectivity index (χ3v) is 0.903. The zero-order valence-corrected chi connectivity index (χ0v) is 4.33. The molecule has 0 spiro atoms. The van der Waals surface area contributed by atoms with Gasteiger partial charge in [0.05, 0.1) is 20.0 Å². The van der Waals surface area contributed by atoms with Gasteiger partial charge in [-0.15, -0.1) is 0 Å². The molecular formula is C7H8BN. The largest absolute Gasteiger partial charge is 0.192 e. The second-order valence-electron chi connectivity index (χ2n) is 1.48. The van der Waals surface area contributed by atoms with Crippen molar-refractivity contribution >= 4 is 8.41 Å². The molecule has 1 aromatic carbocycles. The Morgan fingerprint density at radius 1 is 1.11 bits per heavy atom. The van der Waals surface area contributed by atoms with Crippen molar-refractivity contribution in [1.29, 1.82) is 5.26 Å². The first-order chi connectivity index (χ1) is 3.93. The van der Waals surface area contributed by atoms with Gasteiger partial charge in [-0.05, 0) is 12.1 Å². The molecule has 0 saturated carbocycles. The van der Waals surface area contributed by atoms with Crippen molar-refractivity contribution in [3.63, 3.8) is 0 Å². The molecule has 0 unspecified atom stereocenters. The Bertz CT molecular complexity index is 200. The molecule has 44 valence electrons. The topological polar surface area (TPSA) is 23.8 Å². The van der Waals surface area contributed by atoms with Crippen LogP contribution in [0.15, 0.2) is 30.3 Å². The Balaban J connectivity index is 0.000000640. The van der Waals surface area contributed by atoms with E-state index in [0.717, 1.165) is 0 Å². The quantitative estimate of drug-likeness (QED) is 0.450. The lowest BCUT2D eigenvalue weighted by atomic mass is 10.2. The van der Waals surface area contributed by atoms with Crippen LogP contribution >= 0.6 is 0 Å². The number of hydrogen-bond acceptors (Lipinski definition) is 1. The van der Waals surface area contributed by atoms with Crippen LogP contribution in [0.2, 0.25) is 0 Å². The molecule has 0 amide bonds. The Kier molecular flexibility index (Phi) is 3.23. The summed E-state index contributed by atoms with van der Waals surface area (Å²) in [6.07, 6.45) is 0. The second-order valence-corrected chi connectivity index (χ2v) is 1.48. The molecule has 1 rings (SSSR count). The maximum absolute atomic E-state index is 8.29. The van der Waals surface area contributed by atoms with Crippen LogP contribution in [0.3, 0.4) is 0 Å². The Labute approximate surface area is 56.5 Å². The number of benzene rings is 1. The number of nitrogens with zero attached hydrogens (tertiary/aromatic N) is 1. The van der Waals surface area contributed by atoms with Crippen LogP contribution < -0.4 is 0 Å². The van der Waals surface area contributed by atoms with Gasteiger partial charge < -0.3 is 0 Å². The molecule has 0 saturated heterocycles. The van der Waals surface area contributed by atoms with E-state index in [-0.39, 0.29) is 8.41 Å². The van der Waals surface area contributed by atoms with E-state index in [9.17, 15) is 0 Å². The molecule has 0 aliphatic heterocycles. The summed E-state index contributed by atoms with van der Waals surface area (Å²) < 4.78 is 0. The first-order valence-electron chi connectivity index (χ1n) is 2.38. The van der Waals surface area contributed by atoms with Gasteiger partial charge in [0.1, 0.15) is 0 Å². The minimum atomic E-state index is 0. The van der Waals surface area contributed by atoms with E-state index in [1.165, 1.54) is 0 Å². The summed E-state index contributed by atoms with van der Waals surface area (Å²) >= 11 is 0. The zero-order chi connectivity index (χ0) is 5.82. The molecule has 0 heterocycles. The smallest absolute Gasteiger partial charge is 0.0991 e. The average Bonchev–Trinajstić information content (AvgIpc) is 1.90. The van der Waals surface area contributed by atoms with Gasteiger partial charge in [0.25, 0.3) is 0 Å². The highest BCUT2D eigenvalue weighted by molar-refractivity contribution is 5.75. The van der Waals surface area contributed by atoms with E-state index in [1.54, 1.807) is 12.1 Å². The van der Waals surface area contributed by atoms with E-state index in [1.807, 2.05) is 24.3 Å². The van der Waals surface area contributed by atoms with Crippen LogP contribution in [0.5, 0.6) is 0 Å². The van der Waals surface area contributed by atoms with Crippen LogP contribution in [0.1, 0.15) is 5.56 Å². The SMILES string of the molecule is B.N#Cc1ccccc1. The molecule has 0 radical (unpaired) electrons. The van der Waals surface area contributed by atoms with Gasteiger partial charge in [0.15, 0.2) is 0 Å². The molecule has 0 aromatic heterocycles. The van der Waals surface area contributed by atoms with Crippen molar-refractivity contribution in [2.24, 2.45) is 0 Å². The molecule has 2 heteroatoms. The van der Waals surface area contributed by atoms with Crippen molar-refractivity contribution in [2.45, 2.75) is 0 Å². The number of nitriles is 1. The maximum atomic E-state index is 8.29. The predicted octanol–water partition coefficient (Wildman–Crippen LogP) is 0.374. The van der Waals surface area contributed by atoms with Gasteiger partial charge in [-0.2, -0.15) is 5.26 Å². The molecule has 1 nitrogen and oxygen atoms in total. The Morgan fingerprint density at radius 2 is 1.67 bits per heavy atom. The first kappa shape index (κ1) is 7.77. The monoisotopic (exact) mass is 117 g/mol. The van der Waals surface area contributed by atoms with Gasteiger partial charge in [0.2, 0.25) is 0 Å². The highest BCUT2D eigenvalue weighted by Crippen LogP contribution is 1.92. The maximum Gasteiger partial charge on any atom is 0.0991 e. The fraction of sp³-hybridized carbons (Fsp3) is 0. The highest BCUT2D eigenvalue weighted by Gasteiger charge is 1.79. The van der Waals surface area contributed by atoms with Crippen molar-refractivity contribution in [3.8, 4) is 6.07 Å². The van der Waals surface area contributed by atoms with Gasteiger partial charge in [-0.3, -0.25) is 0 Å². The van der Waals surface area contributed by atoms with E-state index >= 15 is 0 Å². The zero-order valence-electron chi connectivity index (χ0n) is 4.33. The van der Waals surface area contributed by atoms with Gasteiger partial charge in [-0.1, -0.05) is 18.2 Å². The normalized spacial score (nSPS) is 7.00. The predicted molar refractivity (Wildman–Crippen MR) is 41.1 cm³/mol. The molecule has 1 aromatic rings. The summed E-state index contributed by atoms with van der Waals surface area (Å²) in [4.78, 5) is 0. The lowest BCUT2D eigenvalue weighted by Crippen LogP contribution is -1.66. The van der Waals surface area contributed by atoms with Crippen LogP contribution in [0.25, 0.3) is 0 Å². The fourth-order valence-electron chi connectivity index (χ4n) is 0.513. The molecule has 0 atom stereocenters. The Hall–Kier alpha value is -1.23. The third-order valence-electron chi connectivity index (χ3n) is 0.903. The molecule has 0 bridgehead atoms. The van der Waals surface area contributed by atoms with E-state index < -0.39 is 0 Å². The summed E-state index contributed by atoms with van der Waals surface area (Å²) in [5.74, 6) is 0. The first-order valence-corrected chi connectivity index (χ1v) is 2.38. The minimum absolute atomic E-state index is 0. The average molecular weight is 117 g/mol. The van der Waals surface area contributed by atoms with Crippen LogP contribution in [-0.4, -0.2) is 8.41 Å². The summed E-state index contributed by atoms with van der Waals surface area (Å²) in [5, 5.41) is 8.29.